The van der Waals surface area contributed by atoms with Gasteiger partial charge in [0.25, 0.3) is 10.2 Å². The molecule has 1 saturated heterocycles. The smallest absolute Gasteiger partial charge is 0.279 e. The number of hydrogen-bond acceptors (Lipinski definition) is 4. The normalized spacial score (nSPS) is 18.1. The second kappa shape index (κ2) is 5.35. The lowest BCUT2D eigenvalue weighted by Gasteiger charge is -2.26. The third-order valence-electron chi connectivity index (χ3n) is 2.98. The zero-order valence-electron chi connectivity index (χ0n) is 10.7. The molecule has 2 heterocycles. The first-order valence-electron chi connectivity index (χ1n) is 5.93. The molecule has 102 valence electrons. The molecular formula is C10H19N5O2S. The van der Waals surface area contributed by atoms with Crippen molar-refractivity contribution >= 4 is 10.2 Å². The molecule has 1 aromatic rings. The third-order valence-corrected chi connectivity index (χ3v) is 4.53. The lowest BCUT2D eigenvalue weighted by molar-refractivity contribution is 0.354. The highest BCUT2D eigenvalue weighted by atomic mass is 32.2. The zero-order chi connectivity index (χ0) is 13.2. The van der Waals surface area contributed by atoms with Crippen LogP contribution in [0.1, 0.15) is 11.3 Å². The summed E-state index contributed by atoms with van der Waals surface area (Å²) < 4.78 is 29.8. The minimum atomic E-state index is -3.38. The molecule has 0 bridgehead atoms. The highest BCUT2D eigenvalue weighted by Gasteiger charge is 2.23. The maximum Gasteiger partial charge on any atom is 0.279 e. The summed E-state index contributed by atoms with van der Waals surface area (Å²) in [5.74, 6) is 0. The van der Waals surface area contributed by atoms with E-state index in [2.05, 4.69) is 15.1 Å². The van der Waals surface area contributed by atoms with Gasteiger partial charge in [-0.3, -0.25) is 4.68 Å². The molecular weight excluding hydrogens is 254 g/mol. The number of nitrogens with one attached hydrogen (secondary N) is 2. The molecule has 0 saturated carbocycles. The van der Waals surface area contributed by atoms with Crippen molar-refractivity contribution in [2.24, 2.45) is 7.05 Å². The first kappa shape index (κ1) is 13.5. The monoisotopic (exact) mass is 273 g/mol. The van der Waals surface area contributed by atoms with Crippen LogP contribution in [0.4, 0.5) is 0 Å². The number of aryl methyl sites for hydroxylation is 2. The number of rotatable bonds is 4. The highest BCUT2D eigenvalue weighted by Crippen LogP contribution is 2.06. The number of hydrogen-bond donors (Lipinski definition) is 2. The van der Waals surface area contributed by atoms with E-state index in [1.165, 1.54) is 4.31 Å². The number of piperazine rings is 1. The number of nitrogens with zero attached hydrogens (tertiary/aromatic N) is 3. The van der Waals surface area contributed by atoms with Gasteiger partial charge in [0.05, 0.1) is 5.69 Å². The molecule has 0 aromatic carbocycles. The van der Waals surface area contributed by atoms with Gasteiger partial charge in [0.1, 0.15) is 0 Å². The van der Waals surface area contributed by atoms with Crippen molar-refractivity contribution in [3.63, 3.8) is 0 Å². The second-order valence-electron chi connectivity index (χ2n) is 4.39. The maximum absolute atomic E-state index is 12.0. The van der Waals surface area contributed by atoms with Gasteiger partial charge in [-0.25, -0.2) is 0 Å². The molecule has 0 radical (unpaired) electrons. The Kier molecular flexibility index (Phi) is 4.00. The number of aromatic nitrogens is 2. The molecule has 0 spiro atoms. The average molecular weight is 273 g/mol. The molecule has 1 fully saturated rings. The molecule has 0 atom stereocenters. The summed E-state index contributed by atoms with van der Waals surface area (Å²) in [6.45, 7) is 4.59. The van der Waals surface area contributed by atoms with Crippen LogP contribution in [0.25, 0.3) is 0 Å². The van der Waals surface area contributed by atoms with Gasteiger partial charge in [0, 0.05) is 51.5 Å². The van der Waals surface area contributed by atoms with Crippen molar-refractivity contribution < 1.29 is 8.42 Å². The lowest BCUT2D eigenvalue weighted by Crippen LogP contribution is -2.50. The van der Waals surface area contributed by atoms with Gasteiger partial charge in [-0.2, -0.15) is 22.5 Å². The van der Waals surface area contributed by atoms with E-state index in [1.807, 2.05) is 20.2 Å². The van der Waals surface area contributed by atoms with Gasteiger partial charge in [-0.05, 0) is 6.92 Å². The van der Waals surface area contributed by atoms with E-state index in [1.54, 1.807) is 4.68 Å². The van der Waals surface area contributed by atoms with Crippen LogP contribution in [0.3, 0.4) is 0 Å². The van der Waals surface area contributed by atoms with Gasteiger partial charge in [-0.15, -0.1) is 0 Å². The highest BCUT2D eigenvalue weighted by molar-refractivity contribution is 7.87. The fourth-order valence-corrected chi connectivity index (χ4v) is 3.15. The van der Waals surface area contributed by atoms with Crippen molar-refractivity contribution in [1.82, 2.24) is 24.1 Å². The summed E-state index contributed by atoms with van der Waals surface area (Å²) in [6.07, 6.45) is 1.83. The van der Waals surface area contributed by atoms with E-state index in [0.717, 1.165) is 11.3 Å². The Morgan fingerprint density at radius 3 is 2.67 bits per heavy atom. The van der Waals surface area contributed by atoms with Gasteiger partial charge >= 0.3 is 0 Å². The first-order valence-corrected chi connectivity index (χ1v) is 7.37. The molecule has 1 aromatic heterocycles. The summed E-state index contributed by atoms with van der Waals surface area (Å²) in [5, 5.41) is 7.31. The minimum absolute atomic E-state index is 0.284. The molecule has 1 aliphatic rings. The molecule has 0 amide bonds. The van der Waals surface area contributed by atoms with Crippen LogP contribution in [0, 0.1) is 6.92 Å². The van der Waals surface area contributed by atoms with Crippen LogP contribution < -0.4 is 10.0 Å². The SMILES string of the molecule is Cc1nn(C)cc1CNS(=O)(=O)N1CCNCC1. The van der Waals surface area contributed by atoms with Crippen LogP contribution in [0.5, 0.6) is 0 Å². The Morgan fingerprint density at radius 1 is 1.44 bits per heavy atom. The van der Waals surface area contributed by atoms with E-state index in [9.17, 15) is 8.42 Å². The van der Waals surface area contributed by atoms with Gasteiger partial charge in [0.15, 0.2) is 0 Å². The van der Waals surface area contributed by atoms with E-state index in [4.69, 9.17) is 0 Å². The Bertz CT molecular complexity index is 504. The summed E-state index contributed by atoms with van der Waals surface area (Å²) >= 11 is 0. The van der Waals surface area contributed by atoms with Crippen molar-refractivity contribution in [3.8, 4) is 0 Å². The van der Waals surface area contributed by atoms with Crippen LogP contribution in [0.15, 0.2) is 6.20 Å². The standard InChI is InChI=1S/C10H19N5O2S/c1-9-10(8-14(2)13-9)7-12-18(16,17)15-5-3-11-4-6-15/h8,11-12H,3-7H2,1-2H3. The molecule has 7 nitrogen and oxygen atoms in total. The van der Waals surface area contributed by atoms with E-state index >= 15 is 0 Å². The summed E-state index contributed by atoms with van der Waals surface area (Å²) in [7, 11) is -1.56. The van der Waals surface area contributed by atoms with Gasteiger partial charge in [-0.1, -0.05) is 0 Å². The predicted octanol–water partition coefficient (Wildman–Crippen LogP) is -1.03. The molecule has 1 aliphatic heterocycles. The van der Waals surface area contributed by atoms with E-state index in [-0.39, 0.29) is 6.54 Å². The Labute approximate surface area is 107 Å². The lowest BCUT2D eigenvalue weighted by atomic mass is 10.3. The summed E-state index contributed by atoms with van der Waals surface area (Å²) in [4.78, 5) is 0. The summed E-state index contributed by atoms with van der Waals surface area (Å²) in [5.41, 5.74) is 1.75. The summed E-state index contributed by atoms with van der Waals surface area (Å²) in [6, 6.07) is 0. The molecule has 8 heteroatoms. The largest absolute Gasteiger partial charge is 0.314 e. The average Bonchev–Trinajstić information content (AvgIpc) is 2.67. The minimum Gasteiger partial charge on any atom is -0.314 e. The first-order chi connectivity index (χ1) is 8.49. The second-order valence-corrected chi connectivity index (χ2v) is 6.14. The van der Waals surface area contributed by atoms with Crippen LogP contribution in [-0.4, -0.2) is 48.7 Å². The topological polar surface area (TPSA) is 79.3 Å². The molecule has 0 aliphatic carbocycles. The molecule has 2 rings (SSSR count). The van der Waals surface area contributed by atoms with E-state index in [0.29, 0.717) is 26.2 Å². The Morgan fingerprint density at radius 2 is 2.11 bits per heavy atom. The van der Waals surface area contributed by atoms with Gasteiger partial charge < -0.3 is 5.32 Å². The maximum atomic E-state index is 12.0. The van der Waals surface area contributed by atoms with Crippen LogP contribution in [-0.2, 0) is 23.8 Å². The predicted molar refractivity (Wildman–Crippen MR) is 68.1 cm³/mol. The fraction of sp³-hybridized carbons (Fsp3) is 0.700. The van der Waals surface area contributed by atoms with Crippen molar-refractivity contribution in [3.05, 3.63) is 17.5 Å². The Hall–Kier alpha value is -0.960. The zero-order valence-corrected chi connectivity index (χ0v) is 11.5. The van der Waals surface area contributed by atoms with E-state index < -0.39 is 10.2 Å². The molecule has 0 unspecified atom stereocenters. The van der Waals surface area contributed by atoms with Crippen LogP contribution in [0.2, 0.25) is 0 Å². The van der Waals surface area contributed by atoms with Crippen molar-refractivity contribution in [1.29, 1.82) is 0 Å². The Balaban J connectivity index is 1.98. The quantitative estimate of drug-likeness (QED) is 0.735. The molecule has 2 N–H and O–H groups in total. The van der Waals surface area contributed by atoms with Crippen molar-refractivity contribution in [2.45, 2.75) is 13.5 Å². The van der Waals surface area contributed by atoms with Crippen molar-refractivity contribution in [2.75, 3.05) is 26.2 Å². The third kappa shape index (κ3) is 3.08. The molecule has 18 heavy (non-hydrogen) atoms. The fourth-order valence-electron chi connectivity index (χ4n) is 1.97. The van der Waals surface area contributed by atoms with Gasteiger partial charge in [0.2, 0.25) is 0 Å². The van der Waals surface area contributed by atoms with Crippen LogP contribution >= 0.6 is 0 Å².